The average Bonchev–Trinajstić information content (AvgIpc) is 2.53. The van der Waals surface area contributed by atoms with Crippen LogP contribution in [0.15, 0.2) is 18.2 Å². The Morgan fingerprint density at radius 2 is 1.95 bits per heavy atom. The summed E-state index contributed by atoms with van der Waals surface area (Å²) in [7, 11) is 3.10. The van der Waals surface area contributed by atoms with Crippen molar-refractivity contribution in [3.8, 4) is 23.8 Å². The molecule has 0 heterocycles. The highest BCUT2D eigenvalue weighted by molar-refractivity contribution is 5.91. The van der Waals surface area contributed by atoms with E-state index in [9.17, 15) is 4.79 Å². The molecule has 0 radical (unpaired) electrons. The molecule has 0 fully saturated rings. The zero-order chi connectivity index (χ0) is 15.9. The molecule has 0 saturated carbocycles. The van der Waals surface area contributed by atoms with E-state index >= 15 is 0 Å². The van der Waals surface area contributed by atoms with E-state index in [-0.39, 0.29) is 6.03 Å². The molecule has 0 aliphatic rings. The van der Waals surface area contributed by atoms with Crippen LogP contribution in [0.5, 0.6) is 11.5 Å². The first-order chi connectivity index (χ1) is 10.0. The smallest absolute Gasteiger partial charge is 0.320 e. The van der Waals surface area contributed by atoms with E-state index in [1.165, 1.54) is 7.11 Å². The normalized spacial score (nSPS) is 10.4. The van der Waals surface area contributed by atoms with Crippen LogP contribution in [0, 0.1) is 12.3 Å². The molecule has 0 atom stereocenters. The maximum absolute atomic E-state index is 12.1. The number of urea groups is 1. The Hall–Kier alpha value is -2.35. The van der Waals surface area contributed by atoms with E-state index in [4.69, 9.17) is 15.9 Å². The molecule has 5 heteroatoms. The first kappa shape index (κ1) is 16.7. The lowest BCUT2D eigenvalue weighted by Gasteiger charge is -2.27. The van der Waals surface area contributed by atoms with Crippen molar-refractivity contribution < 1.29 is 14.3 Å². The molecule has 1 aromatic rings. The largest absolute Gasteiger partial charge is 0.497 e. The van der Waals surface area contributed by atoms with E-state index in [0.29, 0.717) is 30.0 Å². The zero-order valence-corrected chi connectivity index (χ0v) is 12.9. The lowest BCUT2D eigenvalue weighted by atomic mass is 9.94. The standard InChI is InChI=1S/C16H22N2O3/c1-6-16(7-2,8-3)18-15(19)17-13-10-9-12(20-4)11-14(13)21-5/h1,9-11H,7-8H2,2-5H3,(H2,17,18,19). The molecule has 0 unspecified atom stereocenters. The van der Waals surface area contributed by atoms with Crippen molar-refractivity contribution in [2.45, 2.75) is 32.2 Å². The number of carbonyl (C=O) groups is 1. The van der Waals surface area contributed by atoms with Gasteiger partial charge in [-0.3, -0.25) is 0 Å². The minimum absolute atomic E-state index is 0.361. The summed E-state index contributed by atoms with van der Waals surface area (Å²) in [5.74, 6) is 3.82. The SMILES string of the molecule is C#CC(CC)(CC)NC(=O)Nc1ccc(OC)cc1OC. The van der Waals surface area contributed by atoms with Gasteiger partial charge in [-0.15, -0.1) is 6.42 Å². The van der Waals surface area contributed by atoms with E-state index in [2.05, 4.69) is 16.6 Å². The monoisotopic (exact) mass is 290 g/mol. The van der Waals surface area contributed by atoms with Crippen LogP contribution in [0.2, 0.25) is 0 Å². The Labute approximate surface area is 126 Å². The molecule has 0 saturated heterocycles. The van der Waals surface area contributed by atoms with Crippen molar-refractivity contribution in [2.24, 2.45) is 0 Å². The second-order valence-corrected chi connectivity index (χ2v) is 4.58. The minimum atomic E-state index is -0.635. The molecular weight excluding hydrogens is 268 g/mol. The number of methoxy groups -OCH3 is 2. The van der Waals surface area contributed by atoms with Gasteiger partial charge in [0.2, 0.25) is 0 Å². The Morgan fingerprint density at radius 3 is 2.43 bits per heavy atom. The van der Waals surface area contributed by atoms with Gasteiger partial charge in [-0.1, -0.05) is 19.8 Å². The number of rotatable bonds is 6. The number of nitrogens with one attached hydrogen (secondary N) is 2. The number of amides is 2. The maximum Gasteiger partial charge on any atom is 0.320 e. The fourth-order valence-corrected chi connectivity index (χ4v) is 1.94. The Kier molecular flexibility index (Phi) is 5.92. The van der Waals surface area contributed by atoms with Gasteiger partial charge in [0.25, 0.3) is 0 Å². The average molecular weight is 290 g/mol. The van der Waals surface area contributed by atoms with E-state index in [1.807, 2.05) is 13.8 Å². The van der Waals surface area contributed by atoms with Crippen LogP contribution in [0.25, 0.3) is 0 Å². The lowest BCUT2D eigenvalue weighted by molar-refractivity contribution is 0.242. The number of terminal acetylenes is 1. The second kappa shape index (κ2) is 7.44. The molecule has 114 valence electrons. The number of hydrogen-bond donors (Lipinski definition) is 2. The summed E-state index contributed by atoms with van der Waals surface area (Å²) < 4.78 is 10.3. The fourth-order valence-electron chi connectivity index (χ4n) is 1.94. The van der Waals surface area contributed by atoms with Crippen molar-refractivity contribution >= 4 is 11.7 Å². The van der Waals surface area contributed by atoms with Crippen LogP contribution in [0.4, 0.5) is 10.5 Å². The summed E-state index contributed by atoms with van der Waals surface area (Å²) in [4.78, 5) is 12.1. The number of ether oxygens (including phenoxy) is 2. The summed E-state index contributed by atoms with van der Waals surface area (Å²) >= 11 is 0. The zero-order valence-electron chi connectivity index (χ0n) is 12.9. The lowest BCUT2D eigenvalue weighted by Crippen LogP contribution is -2.48. The molecule has 0 aliphatic heterocycles. The van der Waals surface area contributed by atoms with Crippen LogP contribution < -0.4 is 20.1 Å². The summed E-state index contributed by atoms with van der Waals surface area (Å²) in [6, 6.07) is 4.79. The Bertz CT molecular complexity index is 531. The molecule has 1 aromatic carbocycles. The van der Waals surface area contributed by atoms with Gasteiger partial charge in [-0.05, 0) is 25.0 Å². The van der Waals surface area contributed by atoms with Crippen molar-refractivity contribution in [1.82, 2.24) is 5.32 Å². The molecule has 5 nitrogen and oxygen atoms in total. The minimum Gasteiger partial charge on any atom is -0.497 e. The number of carbonyl (C=O) groups excluding carboxylic acids is 1. The molecule has 2 N–H and O–H groups in total. The van der Waals surface area contributed by atoms with Crippen LogP contribution in [-0.2, 0) is 0 Å². The van der Waals surface area contributed by atoms with Gasteiger partial charge in [0.1, 0.15) is 17.0 Å². The first-order valence-corrected chi connectivity index (χ1v) is 6.83. The van der Waals surface area contributed by atoms with Gasteiger partial charge in [-0.2, -0.15) is 0 Å². The predicted molar refractivity (Wildman–Crippen MR) is 83.8 cm³/mol. The van der Waals surface area contributed by atoms with Crippen LogP contribution in [-0.4, -0.2) is 25.8 Å². The number of hydrogen-bond acceptors (Lipinski definition) is 3. The highest BCUT2D eigenvalue weighted by Crippen LogP contribution is 2.29. The van der Waals surface area contributed by atoms with Crippen LogP contribution in [0.3, 0.4) is 0 Å². The highest BCUT2D eigenvalue weighted by atomic mass is 16.5. The highest BCUT2D eigenvalue weighted by Gasteiger charge is 2.25. The van der Waals surface area contributed by atoms with Gasteiger partial charge in [0.05, 0.1) is 19.9 Å². The quantitative estimate of drug-likeness (QED) is 0.792. The third-order valence-electron chi connectivity index (χ3n) is 3.49. The summed E-state index contributed by atoms with van der Waals surface area (Å²) in [6.45, 7) is 3.88. The van der Waals surface area contributed by atoms with Crippen molar-refractivity contribution in [3.05, 3.63) is 18.2 Å². The van der Waals surface area contributed by atoms with Crippen molar-refractivity contribution in [2.75, 3.05) is 19.5 Å². The first-order valence-electron chi connectivity index (χ1n) is 6.83. The predicted octanol–water partition coefficient (Wildman–Crippen LogP) is 3.02. The summed E-state index contributed by atoms with van der Waals surface area (Å²) in [6.07, 6.45) is 6.85. The van der Waals surface area contributed by atoms with Gasteiger partial charge in [-0.25, -0.2) is 4.79 Å². The molecule has 0 aliphatic carbocycles. The maximum atomic E-state index is 12.1. The van der Waals surface area contributed by atoms with Gasteiger partial charge < -0.3 is 20.1 Å². The van der Waals surface area contributed by atoms with Gasteiger partial charge >= 0.3 is 6.03 Å². The van der Waals surface area contributed by atoms with E-state index in [0.717, 1.165) is 0 Å². The van der Waals surface area contributed by atoms with E-state index < -0.39 is 5.54 Å². The summed E-state index contributed by atoms with van der Waals surface area (Å²) in [5.41, 5.74) is -0.0852. The molecule has 21 heavy (non-hydrogen) atoms. The molecule has 0 bridgehead atoms. The van der Waals surface area contributed by atoms with Crippen LogP contribution >= 0.6 is 0 Å². The third-order valence-corrected chi connectivity index (χ3v) is 3.49. The molecular formula is C16H22N2O3. The second-order valence-electron chi connectivity index (χ2n) is 4.58. The topological polar surface area (TPSA) is 59.6 Å². The van der Waals surface area contributed by atoms with Gasteiger partial charge in [0, 0.05) is 6.07 Å². The number of anilines is 1. The third kappa shape index (κ3) is 4.06. The van der Waals surface area contributed by atoms with E-state index in [1.54, 1.807) is 25.3 Å². The van der Waals surface area contributed by atoms with Crippen molar-refractivity contribution in [1.29, 1.82) is 0 Å². The Morgan fingerprint density at radius 1 is 1.29 bits per heavy atom. The van der Waals surface area contributed by atoms with Crippen LogP contribution in [0.1, 0.15) is 26.7 Å². The summed E-state index contributed by atoms with van der Waals surface area (Å²) in [5, 5.41) is 5.58. The van der Waals surface area contributed by atoms with Gasteiger partial charge in [0.15, 0.2) is 0 Å². The molecule has 0 spiro atoms. The fraction of sp³-hybridized carbons (Fsp3) is 0.438. The molecule has 1 rings (SSSR count). The molecule has 2 amide bonds. The number of benzene rings is 1. The van der Waals surface area contributed by atoms with Crippen molar-refractivity contribution in [3.63, 3.8) is 0 Å². The Balaban J connectivity index is 2.86. The molecule has 0 aromatic heterocycles.